The lowest BCUT2D eigenvalue weighted by atomic mass is 10.1. The number of rotatable bonds is 4. The summed E-state index contributed by atoms with van der Waals surface area (Å²) >= 11 is 5.99. The van der Waals surface area contributed by atoms with Crippen LogP contribution in [0.3, 0.4) is 0 Å². The first kappa shape index (κ1) is 10.4. The Balaban J connectivity index is 2.50. The Bertz CT molecular complexity index is 260. The average Bonchev–Trinajstić information content (AvgIpc) is 2.16. The quantitative estimate of drug-likeness (QED) is 0.775. The maximum absolute atomic E-state index is 5.99. The second-order valence-corrected chi connectivity index (χ2v) is 3.78. The predicted molar refractivity (Wildman–Crippen MR) is 59.4 cm³/mol. The fourth-order valence-electron chi connectivity index (χ4n) is 1.03. The molecule has 0 aliphatic heterocycles. The van der Waals surface area contributed by atoms with Gasteiger partial charge >= 0.3 is 0 Å². The van der Waals surface area contributed by atoms with Crippen LogP contribution in [0.5, 0.6) is 0 Å². The van der Waals surface area contributed by atoms with Crippen molar-refractivity contribution >= 4 is 17.3 Å². The smallest absolute Gasteiger partial charge is 0.0637 e. The topological polar surface area (TPSA) is 12.0 Å². The van der Waals surface area contributed by atoms with Crippen molar-refractivity contribution in [1.29, 1.82) is 0 Å². The lowest BCUT2D eigenvalue weighted by Crippen LogP contribution is -2.10. The van der Waals surface area contributed by atoms with Gasteiger partial charge in [-0.15, -0.1) is 0 Å². The summed E-state index contributed by atoms with van der Waals surface area (Å²) in [5.41, 5.74) is 1.03. The van der Waals surface area contributed by atoms with E-state index < -0.39 is 0 Å². The largest absolute Gasteiger partial charge is 0.384 e. The second kappa shape index (κ2) is 5.13. The molecule has 2 heteroatoms. The first-order valence-corrected chi connectivity index (χ1v) is 5.10. The summed E-state index contributed by atoms with van der Waals surface area (Å²) in [6.07, 6.45) is 1.19. The monoisotopic (exact) mass is 197 g/mol. The summed E-state index contributed by atoms with van der Waals surface area (Å²) in [6.45, 7) is 5.41. The molecule has 1 atom stereocenters. The predicted octanol–water partition coefficient (Wildman–Crippen LogP) is 3.80. The SMILES string of the molecule is CCC(C)CNc1ccccc1Cl. The zero-order chi connectivity index (χ0) is 9.68. The van der Waals surface area contributed by atoms with Crippen LogP contribution in [-0.4, -0.2) is 6.54 Å². The van der Waals surface area contributed by atoms with Crippen LogP contribution in [0.4, 0.5) is 5.69 Å². The minimum Gasteiger partial charge on any atom is -0.384 e. The van der Waals surface area contributed by atoms with Gasteiger partial charge < -0.3 is 5.32 Å². The van der Waals surface area contributed by atoms with Gasteiger partial charge in [0.05, 0.1) is 10.7 Å². The highest BCUT2D eigenvalue weighted by atomic mass is 35.5. The minimum atomic E-state index is 0.691. The van der Waals surface area contributed by atoms with Gasteiger partial charge in [-0.3, -0.25) is 0 Å². The number of anilines is 1. The number of halogens is 1. The van der Waals surface area contributed by atoms with Crippen molar-refractivity contribution in [3.8, 4) is 0 Å². The van der Waals surface area contributed by atoms with E-state index in [1.807, 2.05) is 24.3 Å². The molecular weight excluding hydrogens is 182 g/mol. The van der Waals surface area contributed by atoms with Crippen LogP contribution in [0, 0.1) is 5.92 Å². The standard InChI is InChI=1S/C11H16ClN/c1-3-9(2)8-13-11-7-5-4-6-10(11)12/h4-7,9,13H,3,8H2,1-2H3. The zero-order valence-corrected chi connectivity index (χ0v) is 8.93. The zero-order valence-electron chi connectivity index (χ0n) is 8.18. The van der Waals surface area contributed by atoms with Crippen molar-refractivity contribution in [3.63, 3.8) is 0 Å². The van der Waals surface area contributed by atoms with E-state index >= 15 is 0 Å². The number of para-hydroxylation sites is 1. The fraction of sp³-hybridized carbons (Fsp3) is 0.455. The summed E-state index contributed by atoms with van der Waals surface area (Å²) < 4.78 is 0. The van der Waals surface area contributed by atoms with E-state index in [2.05, 4.69) is 19.2 Å². The Morgan fingerprint density at radius 3 is 2.69 bits per heavy atom. The molecular formula is C11H16ClN. The van der Waals surface area contributed by atoms with E-state index in [1.54, 1.807) is 0 Å². The van der Waals surface area contributed by atoms with Crippen LogP contribution in [0.15, 0.2) is 24.3 Å². The highest BCUT2D eigenvalue weighted by Crippen LogP contribution is 2.20. The van der Waals surface area contributed by atoms with E-state index in [4.69, 9.17) is 11.6 Å². The summed E-state index contributed by atoms with van der Waals surface area (Å²) in [7, 11) is 0. The van der Waals surface area contributed by atoms with Crippen LogP contribution in [0.25, 0.3) is 0 Å². The highest BCUT2D eigenvalue weighted by molar-refractivity contribution is 6.33. The summed E-state index contributed by atoms with van der Waals surface area (Å²) in [4.78, 5) is 0. The molecule has 0 aromatic heterocycles. The van der Waals surface area contributed by atoms with Crippen LogP contribution < -0.4 is 5.32 Å². The molecule has 0 aliphatic rings. The van der Waals surface area contributed by atoms with Crippen LogP contribution in [0.1, 0.15) is 20.3 Å². The van der Waals surface area contributed by atoms with E-state index in [-0.39, 0.29) is 0 Å². The lowest BCUT2D eigenvalue weighted by molar-refractivity contribution is 0.593. The van der Waals surface area contributed by atoms with Gasteiger partial charge in [0.15, 0.2) is 0 Å². The number of hydrogen-bond donors (Lipinski definition) is 1. The average molecular weight is 198 g/mol. The normalized spacial score (nSPS) is 12.5. The number of benzene rings is 1. The Morgan fingerprint density at radius 1 is 1.38 bits per heavy atom. The summed E-state index contributed by atoms with van der Waals surface area (Å²) in [6, 6.07) is 7.84. The molecule has 1 nitrogen and oxygen atoms in total. The minimum absolute atomic E-state index is 0.691. The van der Waals surface area contributed by atoms with Gasteiger partial charge in [-0.05, 0) is 18.1 Å². The van der Waals surface area contributed by atoms with E-state index in [1.165, 1.54) is 6.42 Å². The first-order valence-electron chi connectivity index (χ1n) is 4.72. The molecule has 0 saturated heterocycles. The van der Waals surface area contributed by atoms with Crippen LogP contribution >= 0.6 is 11.6 Å². The Kier molecular flexibility index (Phi) is 4.10. The summed E-state index contributed by atoms with van der Waals surface area (Å²) in [5.74, 6) is 0.691. The molecule has 1 N–H and O–H groups in total. The molecule has 0 saturated carbocycles. The molecule has 1 aromatic carbocycles. The maximum Gasteiger partial charge on any atom is 0.0637 e. The van der Waals surface area contributed by atoms with Crippen LogP contribution in [-0.2, 0) is 0 Å². The van der Waals surface area contributed by atoms with Crippen molar-refractivity contribution < 1.29 is 0 Å². The van der Waals surface area contributed by atoms with Crippen molar-refractivity contribution in [2.45, 2.75) is 20.3 Å². The molecule has 1 aromatic rings. The molecule has 0 amide bonds. The van der Waals surface area contributed by atoms with Gasteiger partial charge in [0.2, 0.25) is 0 Å². The molecule has 0 spiro atoms. The third-order valence-electron chi connectivity index (χ3n) is 2.21. The summed E-state index contributed by atoms with van der Waals surface area (Å²) in [5, 5.41) is 4.13. The van der Waals surface area contributed by atoms with Crippen molar-refractivity contribution in [3.05, 3.63) is 29.3 Å². The molecule has 1 rings (SSSR count). The van der Waals surface area contributed by atoms with Crippen molar-refractivity contribution in [1.82, 2.24) is 0 Å². The van der Waals surface area contributed by atoms with Gasteiger partial charge in [-0.1, -0.05) is 44.0 Å². The molecule has 0 fully saturated rings. The number of hydrogen-bond acceptors (Lipinski definition) is 1. The van der Waals surface area contributed by atoms with Crippen molar-refractivity contribution in [2.75, 3.05) is 11.9 Å². The molecule has 0 aliphatic carbocycles. The Morgan fingerprint density at radius 2 is 2.08 bits per heavy atom. The fourth-order valence-corrected chi connectivity index (χ4v) is 1.24. The highest BCUT2D eigenvalue weighted by Gasteiger charge is 2.00. The van der Waals surface area contributed by atoms with E-state index in [9.17, 15) is 0 Å². The molecule has 1 unspecified atom stereocenters. The number of nitrogens with one attached hydrogen (secondary N) is 1. The van der Waals surface area contributed by atoms with Gasteiger partial charge in [-0.2, -0.15) is 0 Å². The molecule has 0 radical (unpaired) electrons. The molecule has 13 heavy (non-hydrogen) atoms. The van der Waals surface area contributed by atoms with E-state index in [0.717, 1.165) is 17.3 Å². The van der Waals surface area contributed by atoms with Gasteiger partial charge in [-0.25, -0.2) is 0 Å². The van der Waals surface area contributed by atoms with Gasteiger partial charge in [0, 0.05) is 6.54 Å². The maximum atomic E-state index is 5.99. The van der Waals surface area contributed by atoms with Crippen molar-refractivity contribution in [2.24, 2.45) is 5.92 Å². The first-order chi connectivity index (χ1) is 6.24. The van der Waals surface area contributed by atoms with E-state index in [0.29, 0.717) is 5.92 Å². The lowest BCUT2D eigenvalue weighted by Gasteiger charge is -2.12. The molecule has 0 bridgehead atoms. The van der Waals surface area contributed by atoms with Gasteiger partial charge in [0.25, 0.3) is 0 Å². The third kappa shape index (κ3) is 3.27. The Hall–Kier alpha value is -0.690. The molecule has 72 valence electrons. The van der Waals surface area contributed by atoms with Gasteiger partial charge in [0.1, 0.15) is 0 Å². The molecule has 0 heterocycles. The van der Waals surface area contributed by atoms with Crippen LogP contribution in [0.2, 0.25) is 5.02 Å². The Labute approximate surface area is 85.1 Å². The third-order valence-corrected chi connectivity index (χ3v) is 2.54. The second-order valence-electron chi connectivity index (χ2n) is 3.37.